The molecule has 0 fully saturated rings. The largest absolute Gasteiger partial charge is 0.497 e. The molecule has 9 nitrogen and oxygen atoms in total. The molecule has 0 radical (unpaired) electrons. The minimum Gasteiger partial charge on any atom is -0.497 e. The second-order valence-corrected chi connectivity index (χ2v) is 10.0. The van der Waals surface area contributed by atoms with Crippen molar-refractivity contribution in [1.29, 1.82) is 0 Å². The number of hydrogen-bond acceptors (Lipinski definition) is 7. The Labute approximate surface area is 236 Å². The van der Waals surface area contributed by atoms with E-state index in [2.05, 4.69) is 20.8 Å². The summed E-state index contributed by atoms with van der Waals surface area (Å²) in [6.07, 6.45) is 0. The molecule has 2 amide bonds. The van der Waals surface area contributed by atoms with Crippen molar-refractivity contribution in [2.75, 3.05) is 26.6 Å². The fourth-order valence-electron chi connectivity index (χ4n) is 3.94. The monoisotopic (exact) mass is 567 g/mol. The van der Waals surface area contributed by atoms with Gasteiger partial charge in [0, 0.05) is 16.8 Å². The van der Waals surface area contributed by atoms with Gasteiger partial charge in [0.2, 0.25) is 0 Å². The smallest absolute Gasteiger partial charge is 0.319 e. The van der Waals surface area contributed by atoms with Crippen LogP contribution in [0.25, 0.3) is 5.69 Å². The number of carbonyl (C=O) groups excluding carboxylic acids is 1. The number of benzene rings is 3. The molecule has 39 heavy (non-hydrogen) atoms. The van der Waals surface area contributed by atoms with Crippen LogP contribution in [-0.2, 0) is 5.75 Å². The molecule has 1 atom stereocenters. The molecule has 1 heterocycles. The normalized spacial score (nSPS) is 11.5. The maximum atomic E-state index is 13.0. The van der Waals surface area contributed by atoms with Crippen LogP contribution in [0.4, 0.5) is 10.5 Å². The van der Waals surface area contributed by atoms with Gasteiger partial charge in [-0.05, 0) is 61.4 Å². The first-order valence-corrected chi connectivity index (χ1v) is 13.5. The van der Waals surface area contributed by atoms with Gasteiger partial charge < -0.3 is 24.8 Å². The zero-order chi connectivity index (χ0) is 27.9. The number of nitrogens with zero attached hydrogens (tertiary/aromatic N) is 3. The SMILES string of the molecule is COc1cccc(CSc2nnc(C(C)NC(=O)Nc3ccc(OC)cc3OC)n2-c2cc(Cl)ccc2C)c1. The molecule has 0 saturated heterocycles. The summed E-state index contributed by atoms with van der Waals surface area (Å²) in [5, 5.41) is 16.0. The Kier molecular flexibility index (Phi) is 9.21. The predicted octanol–water partition coefficient (Wildman–Crippen LogP) is 6.43. The van der Waals surface area contributed by atoms with Crippen molar-refractivity contribution in [2.45, 2.75) is 30.8 Å². The molecule has 2 N–H and O–H groups in total. The van der Waals surface area contributed by atoms with Crippen LogP contribution in [0.2, 0.25) is 5.02 Å². The van der Waals surface area contributed by atoms with E-state index in [0.717, 1.165) is 22.6 Å². The molecule has 3 aromatic carbocycles. The Bertz CT molecular complexity index is 1460. The highest BCUT2D eigenvalue weighted by molar-refractivity contribution is 7.98. The molecule has 0 aliphatic carbocycles. The first-order valence-electron chi connectivity index (χ1n) is 12.1. The number of aryl methyl sites for hydroxylation is 1. The number of carbonyl (C=O) groups is 1. The van der Waals surface area contributed by atoms with E-state index in [-0.39, 0.29) is 0 Å². The van der Waals surface area contributed by atoms with Crippen molar-refractivity contribution >= 4 is 35.1 Å². The average Bonchev–Trinajstić information content (AvgIpc) is 3.37. The molecule has 0 aliphatic heterocycles. The minimum absolute atomic E-state index is 0.422. The lowest BCUT2D eigenvalue weighted by atomic mass is 10.2. The topological polar surface area (TPSA) is 99.5 Å². The number of halogens is 1. The molecule has 0 bridgehead atoms. The Morgan fingerprint density at radius 1 is 1.00 bits per heavy atom. The highest BCUT2D eigenvalue weighted by Gasteiger charge is 2.23. The van der Waals surface area contributed by atoms with Crippen molar-refractivity contribution < 1.29 is 19.0 Å². The van der Waals surface area contributed by atoms with Gasteiger partial charge in [0.05, 0.1) is 38.7 Å². The zero-order valence-electron chi connectivity index (χ0n) is 22.3. The molecule has 1 aromatic heterocycles. The Balaban J connectivity index is 1.60. The molecular weight excluding hydrogens is 538 g/mol. The third-order valence-electron chi connectivity index (χ3n) is 5.96. The summed E-state index contributed by atoms with van der Waals surface area (Å²) in [4.78, 5) is 13.0. The maximum absolute atomic E-state index is 13.0. The second-order valence-electron chi connectivity index (χ2n) is 8.63. The van der Waals surface area contributed by atoms with Gasteiger partial charge in [-0.15, -0.1) is 10.2 Å². The number of nitrogens with one attached hydrogen (secondary N) is 2. The van der Waals surface area contributed by atoms with Crippen molar-refractivity contribution in [3.63, 3.8) is 0 Å². The van der Waals surface area contributed by atoms with E-state index in [4.69, 9.17) is 25.8 Å². The summed E-state index contributed by atoms with van der Waals surface area (Å²) in [5.74, 6) is 3.10. The van der Waals surface area contributed by atoms with E-state index in [1.807, 2.05) is 60.9 Å². The number of ether oxygens (including phenoxy) is 3. The molecule has 0 spiro atoms. The summed E-state index contributed by atoms with van der Waals surface area (Å²) in [6.45, 7) is 3.84. The van der Waals surface area contributed by atoms with Crippen LogP contribution in [0.5, 0.6) is 17.2 Å². The van der Waals surface area contributed by atoms with E-state index in [9.17, 15) is 4.79 Å². The Morgan fingerprint density at radius 3 is 2.51 bits per heavy atom. The minimum atomic E-state index is -0.494. The zero-order valence-corrected chi connectivity index (χ0v) is 23.9. The molecule has 0 saturated carbocycles. The van der Waals surface area contributed by atoms with E-state index in [1.165, 1.54) is 18.9 Å². The molecule has 4 aromatic rings. The van der Waals surface area contributed by atoms with Gasteiger partial charge >= 0.3 is 6.03 Å². The van der Waals surface area contributed by atoms with Gasteiger partial charge in [0.25, 0.3) is 0 Å². The first kappa shape index (κ1) is 28.1. The van der Waals surface area contributed by atoms with Crippen LogP contribution in [-0.4, -0.2) is 42.1 Å². The van der Waals surface area contributed by atoms with Crippen molar-refractivity contribution in [3.8, 4) is 22.9 Å². The summed E-state index contributed by atoms with van der Waals surface area (Å²) in [6, 6.07) is 17.8. The Morgan fingerprint density at radius 2 is 1.77 bits per heavy atom. The summed E-state index contributed by atoms with van der Waals surface area (Å²) < 4.78 is 17.9. The third-order valence-corrected chi connectivity index (χ3v) is 7.20. The average molecular weight is 568 g/mol. The van der Waals surface area contributed by atoms with Gasteiger partial charge in [0.1, 0.15) is 17.2 Å². The van der Waals surface area contributed by atoms with Crippen molar-refractivity contribution in [3.05, 3.63) is 82.6 Å². The highest BCUT2D eigenvalue weighted by Crippen LogP contribution is 2.32. The molecular formula is C28H30ClN5O4S. The Hall–Kier alpha value is -3.89. The van der Waals surface area contributed by atoms with Crippen LogP contribution < -0.4 is 24.8 Å². The fourth-order valence-corrected chi connectivity index (χ4v) is 5.00. The number of amides is 2. The van der Waals surface area contributed by atoms with E-state index >= 15 is 0 Å². The van der Waals surface area contributed by atoms with Gasteiger partial charge in [-0.2, -0.15) is 0 Å². The molecule has 11 heteroatoms. The first-order chi connectivity index (χ1) is 18.8. The number of anilines is 1. The summed E-state index contributed by atoms with van der Waals surface area (Å²) in [7, 11) is 4.74. The molecule has 4 rings (SSSR count). The van der Waals surface area contributed by atoms with E-state index in [1.54, 1.807) is 32.4 Å². The number of thioether (sulfide) groups is 1. The number of aromatic nitrogens is 3. The lowest BCUT2D eigenvalue weighted by Crippen LogP contribution is -2.32. The van der Waals surface area contributed by atoms with Crippen LogP contribution in [0.1, 0.15) is 29.9 Å². The van der Waals surface area contributed by atoms with Crippen LogP contribution in [0, 0.1) is 6.92 Å². The second kappa shape index (κ2) is 12.8. The van der Waals surface area contributed by atoms with Crippen LogP contribution >= 0.6 is 23.4 Å². The molecule has 0 aliphatic rings. The third kappa shape index (κ3) is 6.76. The van der Waals surface area contributed by atoms with Crippen molar-refractivity contribution in [1.82, 2.24) is 20.1 Å². The lowest BCUT2D eigenvalue weighted by Gasteiger charge is -2.19. The summed E-state index contributed by atoms with van der Waals surface area (Å²) in [5.41, 5.74) is 3.41. The van der Waals surface area contributed by atoms with E-state index in [0.29, 0.717) is 38.9 Å². The standard InChI is InChI=1S/C28H30ClN5O4S/c1-17-9-10-20(29)14-24(17)34-26(32-33-28(34)39-16-19-7-6-8-21(13-19)36-3)18(2)30-27(35)31-23-12-11-22(37-4)15-25(23)38-5/h6-15,18H,16H2,1-5H3,(H2,30,31,35). The molecule has 1 unspecified atom stereocenters. The van der Waals surface area contributed by atoms with Crippen LogP contribution in [0.15, 0.2) is 65.8 Å². The number of hydrogen-bond donors (Lipinski definition) is 2. The van der Waals surface area contributed by atoms with Gasteiger partial charge in [0.15, 0.2) is 11.0 Å². The fraction of sp³-hybridized carbons (Fsp3) is 0.250. The predicted molar refractivity (Wildman–Crippen MR) is 154 cm³/mol. The van der Waals surface area contributed by atoms with Gasteiger partial charge in [-0.3, -0.25) is 4.57 Å². The quantitative estimate of drug-likeness (QED) is 0.213. The number of methoxy groups -OCH3 is 3. The number of urea groups is 1. The highest BCUT2D eigenvalue weighted by atomic mass is 35.5. The summed E-state index contributed by atoms with van der Waals surface area (Å²) >= 11 is 7.90. The van der Waals surface area contributed by atoms with Crippen LogP contribution in [0.3, 0.4) is 0 Å². The van der Waals surface area contributed by atoms with Gasteiger partial charge in [-0.25, -0.2) is 4.79 Å². The van der Waals surface area contributed by atoms with Gasteiger partial charge in [-0.1, -0.05) is 41.6 Å². The van der Waals surface area contributed by atoms with E-state index < -0.39 is 12.1 Å². The number of rotatable bonds is 10. The lowest BCUT2D eigenvalue weighted by molar-refractivity contribution is 0.248. The maximum Gasteiger partial charge on any atom is 0.319 e. The van der Waals surface area contributed by atoms with Crippen molar-refractivity contribution in [2.24, 2.45) is 0 Å². The molecule has 204 valence electrons.